The van der Waals surface area contributed by atoms with Crippen molar-refractivity contribution in [3.8, 4) is 5.75 Å². The van der Waals surface area contributed by atoms with Gasteiger partial charge in [-0.2, -0.15) is 5.10 Å². The van der Waals surface area contributed by atoms with Crippen LogP contribution in [0.2, 0.25) is 0 Å². The van der Waals surface area contributed by atoms with E-state index in [-0.39, 0.29) is 5.82 Å². The topological polar surface area (TPSA) is 82.2 Å². The fraction of sp³-hybridized carbons (Fsp3) is 0.158. The minimum atomic E-state index is -1.71. The number of nitrogens with zero attached hydrogens (tertiary/aromatic N) is 3. The summed E-state index contributed by atoms with van der Waals surface area (Å²) in [7, 11) is -0.174. The van der Waals surface area contributed by atoms with E-state index in [2.05, 4.69) is 15.0 Å². The number of anilines is 1. The Morgan fingerprint density at radius 3 is 2.89 bits per heavy atom. The molecule has 0 saturated carbocycles. The lowest BCUT2D eigenvalue weighted by Crippen LogP contribution is -2.06. The molecule has 0 aliphatic heterocycles. The molecule has 4 aromatic rings. The molecule has 2 aromatic heterocycles. The number of hydrogen-bond acceptors (Lipinski definition) is 5. The Kier molecular flexibility index (Phi) is 4.82. The third kappa shape index (κ3) is 3.48. The zero-order valence-corrected chi connectivity index (χ0v) is 16.0. The van der Waals surface area contributed by atoms with E-state index in [1.807, 2.05) is 24.4 Å². The fourth-order valence-corrected chi connectivity index (χ4v) is 3.66. The zero-order valence-electron chi connectivity index (χ0n) is 15.2. The molecule has 0 fully saturated rings. The van der Waals surface area contributed by atoms with Crippen LogP contribution < -0.4 is 9.46 Å². The second-order valence-electron chi connectivity index (χ2n) is 6.19. The van der Waals surface area contributed by atoms with Gasteiger partial charge in [0, 0.05) is 12.4 Å². The van der Waals surface area contributed by atoms with E-state index in [1.165, 1.54) is 13.2 Å². The number of ether oxygens (including phenoxy) is 1. The van der Waals surface area contributed by atoms with Gasteiger partial charge in [0.1, 0.15) is 17.0 Å². The Balaban J connectivity index is 1.66. The Morgan fingerprint density at radius 2 is 2.18 bits per heavy atom. The van der Waals surface area contributed by atoms with E-state index in [9.17, 15) is 8.60 Å². The van der Waals surface area contributed by atoms with Crippen molar-refractivity contribution < 1.29 is 17.9 Å². The standard InChI is InChI=1S/C19H17FN4O3S/c1-12-4-5-14(10-15(12)20)28(25)23-19-18-16(26-2)8-13(9-17(18)27-22-19)11-24-7-3-6-21-24/h3-10H,11H2,1-2H3,(H,22,23). The van der Waals surface area contributed by atoms with Crippen molar-refractivity contribution in [2.75, 3.05) is 11.8 Å². The van der Waals surface area contributed by atoms with Crippen LogP contribution in [-0.4, -0.2) is 26.3 Å². The van der Waals surface area contributed by atoms with Crippen LogP contribution in [-0.2, 0) is 17.5 Å². The Morgan fingerprint density at radius 1 is 1.32 bits per heavy atom. The summed E-state index contributed by atoms with van der Waals surface area (Å²) in [6, 6.07) is 9.93. The van der Waals surface area contributed by atoms with E-state index in [0.29, 0.717) is 33.7 Å². The molecule has 0 spiro atoms. The smallest absolute Gasteiger partial charge is 0.193 e. The molecule has 144 valence electrons. The van der Waals surface area contributed by atoms with Crippen molar-refractivity contribution in [3.63, 3.8) is 0 Å². The molecule has 1 N–H and O–H groups in total. The molecule has 0 amide bonds. The quantitative estimate of drug-likeness (QED) is 0.534. The number of halogens is 1. The minimum Gasteiger partial charge on any atom is -0.496 e. The molecule has 0 radical (unpaired) electrons. The van der Waals surface area contributed by atoms with Crippen LogP contribution in [0.1, 0.15) is 11.1 Å². The maximum Gasteiger partial charge on any atom is 0.193 e. The number of benzene rings is 2. The highest BCUT2D eigenvalue weighted by molar-refractivity contribution is 7.86. The lowest BCUT2D eigenvalue weighted by atomic mass is 10.1. The van der Waals surface area contributed by atoms with E-state index < -0.39 is 16.8 Å². The van der Waals surface area contributed by atoms with E-state index in [4.69, 9.17) is 9.26 Å². The summed E-state index contributed by atoms with van der Waals surface area (Å²) >= 11 is 0. The van der Waals surface area contributed by atoms with Gasteiger partial charge in [-0.1, -0.05) is 11.2 Å². The van der Waals surface area contributed by atoms with Gasteiger partial charge in [-0.15, -0.1) is 0 Å². The summed E-state index contributed by atoms with van der Waals surface area (Å²) in [4.78, 5) is 0.300. The normalized spacial score (nSPS) is 12.2. The molecule has 1 atom stereocenters. The average Bonchev–Trinajstić information content (AvgIpc) is 3.33. The first-order valence-corrected chi connectivity index (χ1v) is 9.58. The van der Waals surface area contributed by atoms with E-state index in [1.54, 1.807) is 29.9 Å². The van der Waals surface area contributed by atoms with Gasteiger partial charge >= 0.3 is 0 Å². The van der Waals surface area contributed by atoms with Crippen molar-refractivity contribution in [1.29, 1.82) is 0 Å². The molecule has 0 saturated heterocycles. The zero-order chi connectivity index (χ0) is 19.7. The maximum absolute atomic E-state index is 13.8. The van der Waals surface area contributed by atoms with Crippen LogP contribution in [0.4, 0.5) is 10.2 Å². The Hall–Kier alpha value is -3.20. The predicted octanol–water partition coefficient (Wildman–Crippen LogP) is 3.66. The van der Waals surface area contributed by atoms with Crippen LogP contribution in [0.3, 0.4) is 0 Å². The van der Waals surface area contributed by atoms with Gasteiger partial charge in [-0.05, 0) is 48.4 Å². The highest BCUT2D eigenvalue weighted by Crippen LogP contribution is 2.34. The lowest BCUT2D eigenvalue weighted by Gasteiger charge is -2.08. The Labute approximate surface area is 162 Å². The maximum atomic E-state index is 13.8. The number of rotatable bonds is 6. The van der Waals surface area contributed by atoms with Crippen molar-refractivity contribution in [1.82, 2.24) is 14.9 Å². The third-order valence-electron chi connectivity index (χ3n) is 4.27. The number of aryl methyl sites for hydroxylation is 1. The summed E-state index contributed by atoms with van der Waals surface area (Å²) in [6.07, 6.45) is 3.56. The highest BCUT2D eigenvalue weighted by Gasteiger charge is 2.18. The molecule has 1 unspecified atom stereocenters. The van der Waals surface area contributed by atoms with Crippen molar-refractivity contribution >= 4 is 27.8 Å². The van der Waals surface area contributed by atoms with Gasteiger partial charge in [-0.25, -0.2) is 8.60 Å². The molecule has 0 bridgehead atoms. The van der Waals surface area contributed by atoms with Gasteiger partial charge in [-0.3, -0.25) is 9.40 Å². The van der Waals surface area contributed by atoms with Gasteiger partial charge in [0.05, 0.1) is 18.6 Å². The summed E-state index contributed by atoms with van der Waals surface area (Å²) in [5.74, 6) is 0.366. The Bertz CT molecular complexity index is 1160. The van der Waals surface area contributed by atoms with E-state index in [0.717, 1.165) is 5.56 Å². The lowest BCUT2D eigenvalue weighted by molar-refractivity contribution is 0.418. The number of aromatic nitrogens is 3. The van der Waals surface area contributed by atoms with Gasteiger partial charge in [0.2, 0.25) is 0 Å². The average molecular weight is 400 g/mol. The number of fused-ring (bicyclic) bond motifs is 1. The highest BCUT2D eigenvalue weighted by atomic mass is 32.2. The third-order valence-corrected chi connectivity index (χ3v) is 5.33. The summed E-state index contributed by atoms with van der Waals surface area (Å²) in [6.45, 7) is 2.18. The SMILES string of the molecule is COc1cc(Cn2cccn2)cc2onc(NS(=O)c3ccc(C)c(F)c3)c12. The van der Waals surface area contributed by atoms with Crippen LogP contribution >= 0.6 is 0 Å². The van der Waals surface area contributed by atoms with Gasteiger partial charge in [0.25, 0.3) is 0 Å². The first kappa shape index (κ1) is 18.2. The molecule has 2 heterocycles. The molecule has 9 heteroatoms. The summed E-state index contributed by atoms with van der Waals surface area (Å²) < 4.78 is 41.8. The molecular weight excluding hydrogens is 383 g/mol. The van der Waals surface area contributed by atoms with Gasteiger partial charge in [0.15, 0.2) is 22.4 Å². The summed E-state index contributed by atoms with van der Waals surface area (Å²) in [5, 5.41) is 8.72. The fourth-order valence-electron chi connectivity index (χ4n) is 2.83. The minimum absolute atomic E-state index is 0.261. The van der Waals surface area contributed by atoms with Crippen LogP contribution in [0.15, 0.2) is 58.2 Å². The molecule has 7 nitrogen and oxygen atoms in total. The van der Waals surface area contributed by atoms with E-state index >= 15 is 0 Å². The summed E-state index contributed by atoms with van der Waals surface area (Å²) in [5.41, 5.74) is 1.88. The van der Waals surface area contributed by atoms with Crippen molar-refractivity contribution in [2.24, 2.45) is 0 Å². The van der Waals surface area contributed by atoms with Crippen molar-refractivity contribution in [3.05, 3.63) is 65.7 Å². The predicted molar refractivity (Wildman–Crippen MR) is 103 cm³/mol. The molecule has 0 aliphatic carbocycles. The molecule has 4 rings (SSSR count). The van der Waals surface area contributed by atoms with Crippen LogP contribution in [0, 0.1) is 12.7 Å². The second-order valence-corrected chi connectivity index (χ2v) is 7.40. The first-order valence-electron chi connectivity index (χ1n) is 8.43. The largest absolute Gasteiger partial charge is 0.496 e. The molecule has 0 aliphatic rings. The second kappa shape index (κ2) is 7.43. The van der Waals surface area contributed by atoms with Crippen LogP contribution in [0.5, 0.6) is 5.75 Å². The van der Waals surface area contributed by atoms with Crippen molar-refractivity contribution in [2.45, 2.75) is 18.4 Å². The number of hydrogen-bond donors (Lipinski definition) is 1. The number of nitrogens with one attached hydrogen (secondary N) is 1. The molecule has 28 heavy (non-hydrogen) atoms. The first-order chi connectivity index (χ1) is 13.5. The van der Waals surface area contributed by atoms with Crippen LogP contribution in [0.25, 0.3) is 11.0 Å². The van der Waals surface area contributed by atoms with Gasteiger partial charge < -0.3 is 9.26 Å². The number of methoxy groups -OCH3 is 1. The molecular formula is C19H17FN4O3S. The monoisotopic (exact) mass is 400 g/mol. The molecule has 2 aromatic carbocycles.